The highest BCUT2D eigenvalue weighted by Gasteiger charge is 2.15. The molecular weight excluding hydrogens is 324 g/mol. The number of oxazole rings is 1. The third-order valence-electron chi connectivity index (χ3n) is 4.50. The lowest BCUT2D eigenvalue weighted by atomic mass is 9.93. The first kappa shape index (κ1) is 16.2. The number of carbonyl (C=O) groups is 1. The number of nitrogens with zero attached hydrogens (tertiary/aromatic N) is 2. The number of ketones is 1. The summed E-state index contributed by atoms with van der Waals surface area (Å²) in [5, 5.41) is 0. The molecule has 26 heavy (non-hydrogen) atoms. The maximum absolute atomic E-state index is 12.7. The van der Waals surface area contributed by atoms with Gasteiger partial charge in [0.15, 0.2) is 11.4 Å². The average Bonchev–Trinajstić information content (AvgIpc) is 3.12. The lowest BCUT2D eigenvalue weighted by Crippen LogP contribution is -2.05. The van der Waals surface area contributed by atoms with Crippen molar-refractivity contribution in [2.45, 2.75) is 19.3 Å². The van der Waals surface area contributed by atoms with E-state index in [1.54, 1.807) is 12.4 Å². The summed E-state index contributed by atoms with van der Waals surface area (Å²) in [6, 6.07) is 19.2. The van der Waals surface area contributed by atoms with Crippen molar-refractivity contribution in [3.8, 4) is 11.5 Å². The van der Waals surface area contributed by atoms with Crippen LogP contribution in [0.2, 0.25) is 0 Å². The number of benzene rings is 2. The molecule has 2 aromatic heterocycles. The maximum Gasteiger partial charge on any atom is 0.227 e. The normalized spacial score (nSPS) is 12.2. The molecule has 0 radical (unpaired) electrons. The summed E-state index contributed by atoms with van der Waals surface area (Å²) >= 11 is 0. The third-order valence-corrected chi connectivity index (χ3v) is 4.50. The highest BCUT2D eigenvalue weighted by Crippen LogP contribution is 2.26. The Hall–Kier alpha value is -3.27. The molecule has 0 aliphatic rings. The summed E-state index contributed by atoms with van der Waals surface area (Å²) in [6.45, 7) is 2.07. The van der Waals surface area contributed by atoms with Gasteiger partial charge in [-0.2, -0.15) is 0 Å². The number of aromatic nitrogens is 2. The number of hydrogen-bond donors (Lipinski definition) is 0. The molecule has 4 heteroatoms. The molecule has 4 rings (SSSR count). The van der Waals surface area contributed by atoms with Crippen LogP contribution >= 0.6 is 0 Å². The second-order valence-corrected chi connectivity index (χ2v) is 6.38. The number of carbonyl (C=O) groups excluding carboxylic acids is 1. The number of fused-ring (bicyclic) bond motifs is 1. The molecule has 128 valence electrons. The van der Waals surface area contributed by atoms with Gasteiger partial charge in [-0.05, 0) is 41.8 Å². The zero-order chi connectivity index (χ0) is 17.9. The van der Waals surface area contributed by atoms with Crippen LogP contribution < -0.4 is 0 Å². The third kappa shape index (κ3) is 3.26. The van der Waals surface area contributed by atoms with E-state index >= 15 is 0 Å². The van der Waals surface area contributed by atoms with E-state index in [1.807, 2.05) is 48.5 Å². The van der Waals surface area contributed by atoms with Crippen LogP contribution in [0.3, 0.4) is 0 Å². The van der Waals surface area contributed by atoms with Gasteiger partial charge in [-0.25, -0.2) is 4.98 Å². The fourth-order valence-corrected chi connectivity index (χ4v) is 3.01. The molecule has 1 atom stereocenters. The fourth-order valence-electron chi connectivity index (χ4n) is 3.01. The Bertz CT molecular complexity index is 1040. The topological polar surface area (TPSA) is 56.0 Å². The van der Waals surface area contributed by atoms with Gasteiger partial charge >= 0.3 is 0 Å². The summed E-state index contributed by atoms with van der Waals surface area (Å²) in [5.74, 6) is 0.811. The van der Waals surface area contributed by atoms with Gasteiger partial charge in [0.2, 0.25) is 5.89 Å². The second-order valence-electron chi connectivity index (χ2n) is 6.38. The SMILES string of the molecule is CC(CC(=O)c1ccc2oc(-c3ccncc3)nc2c1)c1ccccc1. The van der Waals surface area contributed by atoms with Crippen LogP contribution in [-0.4, -0.2) is 15.8 Å². The van der Waals surface area contributed by atoms with Crippen LogP contribution in [0.1, 0.15) is 35.2 Å². The molecule has 4 nitrogen and oxygen atoms in total. The zero-order valence-electron chi connectivity index (χ0n) is 14.4. The molecule has 2 aromatic carbocycles. The molecule has 0 aliphatic carbocycles. The first-order valence-corrected chi connectivity index (χ1v) is 8.60. The van der Waals surface area contributed by atoms with E-state index in [2.05, 4.69) is 29.0 Å². The molecule has 0 saturated heterocycles. The minimum Gasteiger partial charge on any atom is -0.436 e. The Balaban J connectivity index is 1.58. The van der Waals surface area contributed by atoms with E-state index in [-0.39, 0.29) is 11.7 Å². The van der Waals surface area contributed by atoms with Crippen molar-refractivity contribution in [1.82, 2.24) is 9.97 Å². The highest BCUT2D eigenvalue weighted by atomic mass is 16.3. The first-order valence-electron chi connectivity index (χ1n) is 8.60. The van der Waals surface area contributed by atoms with Crippen LogP contribution in [0.25, 0.3) is 22.6 Å². The predicted octanol–water partition coefficient (Wildman–Crippen LogP) is 5.27. The van der Waals surface area contributed by atoms with Gasteiger partial charge < -0.3 is 4.42 Å². The van der Waals surface area contributed by atoms with Crippen LogP contribution in [0.4, 0.5) is 0 Å². The van der Waals surface area contributed by atoms with Crippen molar-refractivity contribution in [2.75, 3.05) is 0 Å². The van der Waals surface area contributed by atoms with E-state index in [1.165, 1.54) is 5.56 Å². The second kappa shape index (κ2) is 6.92. The van der Waals surface area contributed by atoms with E-state index in [4.69, 9.17) is 4.42 Å². The lowest BCUT2D eigenvalue weighted by Gasteiger charge is -2.10. The quantitative estimate of drug-likeness (QED) is 0.464. The number of rotatable bonds is 5. The Kier molecular flexibility index (Phi) is 4.32. The molecule has 0 saturated carbocycles. The van der Waals surface area contributed by atoms with Crippen molar-refractivity contribution < 1.29 is 9.21 Å². The fraction of sp³-hybridized carbons (Fsp3) is 0.136. The molecule has 4 aromatic rings. The van der Waals surface area contributed by atoms with Crippen molar-refractivity contribution in [3.05, 3.63) is 84.2 Å². The Morgan fingerprint density at radius 1 is 1.04 bits per heavy atom. The summed E-state index contributed by atoms with van der Waals surface area (Å²) in [4.78, 5) is 21.2. The van der Waals surface area contributed by atoms with Gasteiger partial charge in [0.05, 0.1) is 0 Å². The summed E-state index contributed by atoms with van der Waals surface area (Å²) in [6.07, 6.45) is 3.86. The van der Waals surface area contributed by atoms with Crippen molar-refractivity contribution >= 4 is 16.9 Å². The number of hydrogen-bond acceptors (Lipinski definition) is 4. The Morgan fingerprint density at radius 2 is 1.81 bits per heavy atom. The average molecular weight is 342 g/mol. The monoisotopic (exact) mass is 342 g/mol. The smallest absolute Gasteiger partial charge is 0.227 e. The predicted molar refractivity (Wildman–Crippen MR) is 101 cm³/mol. The maximum atomic E-state index is 12.7. The molecule has 0 aliphatic heterocycles. The minimum absolute atomic E-state index is 0.108. The summed E-state index contributed by atoms with van der Waals surface area (Å²) in [7, 11) is 0. The van der Waals surface area contributed by atoms with Gasteiger partial charge in [-0.15, -0.1) is 0 Å². The van der Waals surface area contributed by atoms with Gasteiger partial charge in [-0.1, -0.05) is 37.3 Å². The van der Waals surface area contributed by atoms with Gasteiger partial charge in [0, 0.05) is 29.9 Å². The number of Topliss-reactive ketones (excluding diaryl/α,β-unsaturated/α-hetero) is 1. The standard InChI is InChI=1S/C22H18N2O2/c1-15(16-5-3-2-4-6-16)13-20(25)18-7-8-21-19(14-18)24-22(26-21)17-9-11-23-12-10-17/h2-12,14-15H,13H2,1H3. The first-order chi connectivity index (χ1) is 12.7. The molecule has 0 fully saturated rings. The molecule has 0 N–H and O–H groups in total. The van der Waals surface area contributed by atoms with Crippen LogP contribution in [0.15, 0.2) is 77.5 Å². The minimum atomic E-state index is 0.108. The van der Waals surface area contributed by atoms with E-state index in [9.17, 15) is 4.79 Å². The molecular formula is C22H18N2O2. The van der Waals surface area contributed by atoms with E-state index < -0.39 is 0 Å². The van der Waals surface area contributed by atoms with Crippen molar-refractivity contribution in [2.24, 2.45) is 0 Å². The number of pyridine rings is 1. The lowest BCUT2D eigenvalue weighted by molar-refractivity contribution is 0.0976. The molecule has 0 spiro atoms. The van der Waals surface area contributed by atoms with E-state index in [0.29, 0.717) is 29.0 Å². The summed E-state index contributed by atoms with van der Waals surface area (Å²) < 4.78 is 5.79. The Morgan fingerprint density at radius 3 is 2.58 bits per heavy atom. The molecule has 0 bridgehead atoms. The molecule has 0 amide bonds. The van der Waals surface area contributed by atoms with Crippen LogP contribution in [0, 0.1) is 0 Å². The van der Waals surface area contributed by atoms with Crippen LogP contribution in [0.5, 0.6) is 0 Å². The molecule has 2 heterocycles. The zero-order valence-corrected chi connectivity index (χ0v) is 14.4. The van der Waals surface area contributed by atoms with Gasteiger partial charge in [0.25, 0.3) is 0 Å². The van der Waals surface area contributed by atoms with Crippen molar-refractivity contribution in [1.29, 1.82) is 0 Å². The van der Waals surface area contributed by atoms with Crippen LogP contribution in [-0.2, 0) is 0 Å². The van der Waals surface area contributed by atoms with Gasteiger partial charge in [0.1, 0.15) is 5.52 Å². The van der Waals surface area contributed by atoms with E-state index in [0.717, 1.165) is 5.56 Å². The molecule has 1 unspecified atom stereocenters. The van der Waals surface area contributed by atoms with Crippen molar-refractivity contribution in [3.63, 3.8) is 0 Å². The highest BCUT2D eigenvalue weighted by molar-refractivity contribution is 5.99. The summed E-state index contributed by atoms with van der Waals surface area (Å²) in [5.41, 5.74) is 4.06. The Labute approximate surface area is 151 Å². The van der Waals surface area contributed by atoms with Gasteiger partial charge in [-0.3, -0.25) is 9.78 Å². The largest absolute Gasteiger partial charge is 0.436 e.